The van der Waals surface area contributed by atoms with E-state index in [1.165, 1.54) is 5.57 Å². The van der Waals surface area contributed by atoms with E-state index in [2.05, 4.69) is 17.2 Å². The van der Waals surface area contributed by atoms with Crippen LogP contribution in [0.5, 0.6) is 0 Å². The first-order chi connectivity index (χ1) is 14.4. The van der Waals surface area contributed by atoms with E-state index in [1.807, 2.05) is 46.9 Å². The number of carbonyl (C=O) groups is 1. The van der Waals surface area contributed by atoms with E-state index in [-0.39, 0.29) is 18.7 Å². The van der Waals surface area contributed by atoms with Crippen molar-refractivity contribution in [2.24, 2.45) is 0 Å². The minimum atomic E-state index is -2.54. The van der Waals surface area contributed by atoms with Gasteiger partial charge in [0.2, 0.25) is 0 Å². The number of anilines is 1. The van der Waals surface area contributed by atoms with Gasteiger partial charge in [0, 0.05) is 50.8 Å². The number of allylic oxidation sites excluding steroid dienone is 1. The van der Waals surface area contributed by atoms with E-state index in [0.717, 1.165) is 35.6 Å². The topological polar surface area (TPSA) is 50.2 Å². The average molecular weight is 415 g/mol. The lowest BCUT2D eigenvalue weighted by atomic mass is 10.1. The first kappa shape index (κ1) is 20.6. The lowest BCUT2D eigenvalue weighted by Gasteiger charge is -2.33. The molecular weight excluding hydrogens is 386 g/mol. The van der Waals surface area contributed by atoms with E-state index in [4.69, 9.17) is 0 Å². The van der Waals surface area contributed by atoms with Crippen LogP contribution in [0.2, 0.25) is 0 Å². The molecule has 0 unspecified atom stereocenters. The summed E-state index contributed by atoms with van der Waals surface area (Å²) in [6.07, 6.45) is 4.34. The average Bonchev–Trinajstić information content (AvgIpc) is 3.10. The van der Waals surface area contributed by atoms with Crippen LogP contribution in [0, 0.1) is 0 Å². The maximum atomic E-state index is 13.4. The summed E-state index contributed by atoms with van der Waals surface area (Å²) in [5.41, 5.74) is 4.60. The number of imidazole rings is 1. The Hall–Kier alpha value is -2.70. The number of rotatable bonds is 5. The molecule has 1 aromatic carbocycles. The molecule has 2 aliphatic rings. The second-order valence-corrected chi connectivity index (χ2v) is 8.21. The van der Waals surface area contributed by atoms with Gasteiger partial charge in [0.25, 0.3) is 11.8 Å². The third-order valence-corrected chi connectivity index (χ3v) is 5.95. The van der Waals surface area contributed by atoms with Crippen molar-refractivity contribution in [2.75, 3.05) is 18.0 Å². The Balaban J connectivity index is 1.41. The third-order valence-electron chi connectivity index (χ3n) is 5.95. The molecule has 0 saturated carbocycles. The molecule has 1 fully saturated rings. The number of benzene rings is 1. The van der Waals surface area contributed by atoms with Crippen LogP contribution in [0.4, 0.5) is 14.5 Å². The van der Waals surface area contributed by atoms with Gasteiger partial charge in [-0.1, -0.05) is 24.6 Å². The summed E-state index contributed by atoms with van der Waals surface area (Å²) >= 11 is 0. The van der Waals surface area contributed by atoms with Crippen molar-refractivity contribution in [1.82, 2.24) is 14.9 Å². The van der Waals surface area contributed by atoms with E-state index < -0.39 is 5.92 Å². The second kappa shape index (κ2) is 8.20. The molecule has 0 bridgehead atoms. The largest absolute Gasteiger partial charge is 0.371 e. The Morgan fingerprint density at radius 1 is 1.17 bits per heavy atom. The van der Waals surface area contributed by atoms with Crippen LogP contribution < -0.4 is 10.2 Å². The lowest BCUT2D eigenvalue weighted by Crippen LogP contribution is -2.39. The van der Waals surface area contributed by atoms with Crippen molar-refractivity contribution in [3.8, 4) is 0 Å². The number of hydrogen-bond donors (Lipinski definition) is 1. The molecule has 1 saturated heterocycles. The number of carbonyl (C=O) groups excluding carboxylic acids is 1. The van der Waals surface area contributed by atoms with Gasteiger partial charge in [-0.05, 0) is 37.5 Å². The minimum Gasteiger partial charge on any atom is -0.371 e. The van der Waals surface area contributed by atoms with E-state index >= 15 is 0 Å². The van der Waals surface area contributed by atoms with E-state index in [0.29, 0.717) is 31.7 Å². The molecule has 0 aliphatic carbocycles. The summed E-state index contributed by atoms with van der Waals surface area (Å²) in [5.74, 6) is -1.73. The molecule has 3 heterocycles. The Labute approximate surface area is 175 Å². The number of hydrogen-bond acceptors (Lipinski definition) is 3. The van der Waals surface area contributed by atoms with Gasteiger partial charge in [-0.25, -0.2) is 13.8 Å². The van der Waals surface area contributed by atoms with Crippen molar-refractivity contribution in [3.63, 3.8) is 0 Å². The smallest absolute Gasteiger partial charge is 0.270 e. The molecule has 0 spiro atoms. The first-order valence-corrected chi connectivity index (χ1v) is 10.6. The van der Waals surface area contributed by atoms with Crippen LogP contribution in [-0.4, -0.2) is 34.5 Å². The second-order valence-electron chi connectivity index (χ2n) is 8.21. The van der Waals surface area contributed by atoms with E-state index in [9.17, 15) is 13.6 Å². The predicted molar refractivity (Wildman–Crippen MR) is 114 cm³/mol. The zero-order chi connectivity index (χ0) is 21.3. The van der Waals surface area contributed by atoms with Crippen LogP contribution in [0.25, 0.3) is 6.20 Å². The third kappa shape index (κ3) is 4.25. The Bertz CT molecular complexity index is 952. The minimum absolute atomic E-state index is 0.103. The number of alkyl halides is 2. The standard InChI is InChI=1S/C23H28F2N4O/c1-3-19-21(29-15-16(2)4-9-20(29)27-19)22(30)26-14-17-5-7-18(8-6-17)28-12-10-23(24,25)11-13-28/h5-8,15H,3-4,9-14H2,1-2H3,(H,26,30). The molecule has 1 aromatic heterocycles. The predicted octanol–water partition coefficient (Wildman–Crippen LogP) is 4.42. The summed E-state index contributed by atoms with van der Waals surface area (Å²) in [6, 6.07) is 7.77. The Morgan fingerprint density at radius 2 is 1.87 bits per heavy atom. The van der Waals surface area contributed by atoms with Gasteiger partial charge in [0.1, 0.15) is 11.5 Å². The van der Waals surface area contributed by atoms with Crippen molar-refractivity contribution >= 4 is 17.8 Å². The fourth-order valence-corrected chi connectivity index (χ4v) is 4.11. The molecule has 2 aromatic rings. The van der Waals surface area contributed by atoms with Crippen molar-refractivity contribution in [3.05, 3.63) is 52.6 Å². The number of nitrogens with zero attached hydrogens (tertiary/aromatic N) is 3. The molecule has 4 rings (SSSR count). The van der Waals surface area contributed by atoms with Gasteiger partial charge in [0.05, 0.1) is 5.69 Å². The van der Waals surface area contributed by atoms with E-state index in [1.54, 1.807) is 0 Å². The quantitative estimate of drug-likeness (QED) is 0.788. The highest BCUT2D eigenvalue weighted by molar-refractivity contribution is 5.94. The summed E-state index contributed by atoms with van der Waals surface area (Å²) < 4.78 is 28.6. The fourth-order valence-electron chi connectivity index (χ4n) is 4.11. The van der Waals surface area contributed by atoms with Crippen molar-refractivity contribution in [1.29, 1.82) is 0 Å². The van der Waals surface area contributed by atoms with Crippen molar-refractivity contribution < 1.29 is 13.6 Å². The number of aromatic nitrogens is 2. The van der Waals surface area contributed by atoms with Crippen LogP contribution in [0.15, 0.2) is 29.8 Å². The van der Waals surface area contributed by atoms with Gasteiger partial charge >= 0.3 is 0 Å². The highest BCUT2D eigenvalue weighted by Gasteiger charge is 2.34. The summed E-state index contributed by atoms with van der Waals surface area (Å²) in [4.78, 5) is 19.6. The Kier molecular flexibility index (Phi) is 5.62. The molecule has 1 N–H and O–H groups in total. The number of halogens is 2. The summed E-state index contributed by atoms with van der Waals surface area (Å²) in [6.45, 7) is 5.21. The normalized spacial score (nSPS) is 18.0. The molecule has 30 heavy (non-hydrogen) atoms. The number of aryl methyl sites for hydroxylation is 2. The zero-order valence-electron chi connectivity index (χ0n) is 17.5. The number of nitrogens with one attached hydrogen (secondary N) is 1. The molecule has 5 nitrogen and oxygen atoms in total. The van der Waals surface area contributed by atoms with Crippen LogP contribution in [-0.2, 0) is 19.4 Å². The van der Waals surface area contributed by atoms with Gasteiger partial charge in [0.15, 0.2) is 0 Å². The van der Waals surface area contributed by atoms with Gasteiger partial charge < -0.3 is 10.2 Å². The molecule has 0 radical (unpaired) electrons. The van der Waals surface area contributed by atoms with Gasteiger partial charge in [-0.2, -0.15) is 0 Å². The van der Waals surface area contributed by atoms with Gasteiger partial charge in [-0.15, -0.1) is 0 Å². The molecule has 0 atom stereocenters. The molecule has 160 valence electrons. The van der Waals surface area contributed by atoms with Crippen molar-refractivity contribution in [2.45, 2.75) is 58.4 Å². The zero-order valence-corrected chi connectivity index (χ0v) is 17.5. The number of amides is 1. The summed E-state index contributed by atoms with van der Waals surface area (Å²) in [5, 5.41) is 3.01. The molecule has 1 amide bonds. The molecular formula is C23H28F2N4O. The maximum absolute atomic E-state index is 13.4. The Morgan fingerprint density at radius 3 is 2.53 bits per heavy atom. The molecule has 2 aliphatic heterocycles. The highest BCUT2D eigenvalue weighted by Crippen LogP contribution is 2.30. The number of piperidine rings is 1. The van der Waals surface area contributed by atoms with Crippen LogP contribution in [0.1, 0.15) is 60.7 Å². The SMILES string of the molecule is CCc1nc2n(c1C(=O)NCc1ccc(N3CCC(F)(F)CC3)cc1)C=C(C)CC2. The van der Waals surface area contributed by atoms with Crippen LogP contribution in [0.3, 0.4) is 0 Å². The fraction of sp³-hybridized carbons (Fsp3) is 0.478. The number of fused-ring (bicyclic) bond motifs is 1. The lowest BCUT2D eigenvalue weighted by molar-refractivity contribution is -0.0220. The monoisotopic (exact) mass is 414 g/mol. The van der Waals surface area contributed by atoms with Gasteiger partial charge in [-0.3, -0.25) is 9.36 Å². The van der Waals surface area contributed by atoms with Crippen LogP contribution >= 0.6 is 0 Å². The molecule has 7 heteroatoms. The highest BCUT2D eigenvalue weighted by atomic mass is 19.3. The summed E-state index contributed by atoms with van der Waals surface area (Å²) in [7, 11) is 0. The first-order valence-electron chi connectivity index (χ1n) is 10.6. The maximum Gasteiger partial charge on any atom is 0.270 e.